The number of piperazine rings is 1. The fraction of sp³-hybridized carbons (Fsp3) is 0.571. The van der Waals surface area contributed by atoms with Gasteiger partial charge in [-0.05, 0) is 12.1 Å². The van der Waals surface area contributed by atoms with Gasteiger partial charge in [-0.25, -0.2) is 4.98 Å². The number of nitriles is 1. The Bertz CT molecular complexity index is 530. The Morgan fingerprint density at radius 2 is 2.35 bits per heavy atom. The SMILES string of the molecule is N#Cc1cccnc1N1CCN2CCOCC2(CO)C1. The number of hydrogen-bond acceptors (Lipinski definition) is 6. The van der Waals surface area contributed by atoms with Crippen LogP contribution in [0.5, 0.6) is 0 Å². The lowest BCUT2D eigenvalue weighted by molar-refractivity contribution is -0.0951. The van der Waals surface area contributed by atoms with Crippen LogP contribution in [0, 0.1) is 11.3 Å². The Morgan fingerprint density at radius 3 is 3.15 bits per heavy atom. The van der Waals surface area contributed by atoms with E-state index in [0.29, 0.717) is 24.5 Å². The minimum absolute atomic E-state index is 0.0538. The Labute approximate surface area is 118 Å². The van der Waals surface area contributed by atoms with Crippen molar-refractivity contribution in [1.82, 2.24) is 9.88 Å². The highest BCUT2D eigenvalue weighted by Gasteiger charge is 2.44. The molecule has 3 rings (SSSR count). The predicted octanol–water partition coefficient (Wildman–Crippen LogP) is -0.163. The third kappa shape index (κ3) is 2.14. The van der Waals surface area contributed by atoms with E-state index >= 15 is 0 Å². The first-order chi connectivity index (χ1) is 9.79. The molecule has 0 radical (unpaired) electrons. The number of rotatable bonds is 2. The zero-order valence-corrected chi connectivity index (χ0v) is 11.3. The van der Waals surface area contributed by atoms with E-state index in [9.17, 15) is 10.4 Å². The quantitative estimate of drug-likeness (QED) is 0.807. The largest absolute Gasteiger partial charge is 0.394 e. The van der Waals surface area contributed by atoms with Crippen molar-refractivity contribution >= 4 is 5.82 Å². The third-order valence-electron chi connectivity index (χ3n) is 4.17. The summed E-state index contributed by atoms with van der Waals surface area (Å²) < 4.78 is 5.56. The van der Waals surface area contributed by atoms with E-state index in [0.717, 1.165) is 26.2 Å². The van der Waals surface area contributed by atoms with Crippen LogP contribution in [-0.4, -0.2) is 66.5 Å². The highest BCUT2D eigenvalue weighted by atomic mass is 16.5. The number of aliphatic hydroxyl groups excluding tert-OH is 1. The summed E-state index contributed by atoms with van der Waals surface area (Å²) in [6.07, 6.45) is 1.70. The summed E-state index contributed by atoms with van der Waals surface area (Å²) in [7, 11) is 0. The molecule has 1 aromatic heterocycles. The second kappa shape index (κ2) is 5.37. The van der Waals surface area contributed by atoms with Crippen molar-refractivity contribution < 1.29 is 9.84 Å². The van der Waals surface area contributed by atoms with Gasteiger partial charge in [-0.1, -0.05) is 0 Å². The van der Waals surface area contributed by atoms with Crippen molar-refractivity contribution in [1.29, 1.82) is 5.26 Å². The van der Waals surface area contributed by atoms with Crippen LogP contribution in [0.4, 0.5) is 5.82 Å². The zero-order valence-electron chi connectivity index (χ0n) is 11.3. The van der Waals surface area contributed by atoms with Gasteiger partial charge in [0.05, 0.1) is 30.9 Å². The van der Waals surface area contributed by atoms with Crippen molar-refractivity contribution in [2.45, 2.75) is 5.54 Å². The maximum absolute atomic E-state index is 9.83. The minimum atomic E-state index is -0.374. The van der Waals surface area contributed by atoms with E-state index in [4.69, 9.17) is 4.74 Å². The molecule has 2 fully saturated rings. The number of morpholine rings is 1. The van der Waals surface area contributed by atoms with Crippen molar-refractivity contribution in [3.63, 3.8) is 0 Å². The van der Waals surface area contributed by atoms with Gasteiger partial charge in [-0.2, -0.15) is 5.26 Å². The van der Waals surface area contributed by atoms with Gasteiger partial charge in [0.1, 0.15) is 11.9 Å². The van der Waals surface area contributed by atoms with E-state index in [1.165, 1.54) is 0 Å². The van der Waals surface area contributed by atoms with Crippen LogP contribution in [-0.2, 0) is 4.74 Å². The van der Waals surface area contributed by atoms with Crippen molar-refractivity contribution in [3.05, 3.63) is 23.9 Å². The highest BCUT2D eigenvalue weighted by Crippen LogP contribution is 2.28. The van der Waals surface area contributed by atoms with E-state index in [2.05, 4.69) is 20.9 Å². The molecule has 1 unspecified atom stereocenters. The lowest BCUT2D eigenvalue weighted by Crippen LogP contribution is -2.69. The fourth-order valence-electron chi connectivity index (χ4n) is 3.05. The van der Waals surface area contributed by atoms with Gasteiger partial charge in [0.2, 0.25) is 0 Å². The molecule has 6 nitrogen and oxygen atoms in total. The summed E-state index contributed by atoms with van der Waals surface area (Å²) >= 11 is 0. The molecular weight excluding hydrogens is 256 g/mol. The van der Waals surface area contributed by atoms with Gasteiger partial charge < -0.3 is 14.7 Å². The molecule has 1 atom stereocenters. The van der Waals surface area contributed by atoms with E-state index < -0.39 is 0 Å². The van der Waals surface area contributed by atoms with Gasteiger partial charge in [0.15, 0.2) is 0 Å². The molecule has 0 saturated carbocycles. The molecule has 0 bridgehead atoms. The monoisotopic (exact) mass is 274 g/mol. The van der Waals surface area contributed by atoms with Crippen LogP contribution in [0.2, 0.25) is 0 Å². The minimum Gasteiger partial charge on any atom is -0.394 e. The van der Waals surface area contributed by atoms with Crippen molar-refractivity contribution in [2.24, 2.45) is 0 Å². The molecule has 6 heteroatoms. The molecule has 3 heterocycles. The molecule has 20 heavy (non-hydrogen) atoms. The summed E-state index contributed by atoms with van der Waals surface area (Å²) in [5, 5.41) is 19.0. The number of pyridine rings is 1. The van der Waals surface area contributed by atoms with E-state index in [1.807, 2.05) is 0 Å². The smallest absolute Gasteiger partial charge is 0.146 e. The van der Waals surface area contributed by atoms with Gasteiger partial charge in [0.25, 0.3) is 0 Å². The number of anilines is 1. The topological polar surface area (TPSA) is 72.6 Å². The summed E-state index contributed by atoms with van der Waals surface area (Å²) in [6, 6.07) is 5.73. The zero-order chi connectivity index (χ0) is 14.0. The number of aliphatic hydroxyl groups is 1. The Balaban J connectivity index is 1.88. The maximum Gasteiger partial charge on any atom is 0.146 e. The average molecular weight is 274 g/mol. The normalized spacial score (nSPS) is 26.9. The summed E-state index contributed by atoms with van der Waals surface area (Å²) in [5.74, 6) is 0.702. The predicted molar refractivity (Wildman–Crippen MR) is 73.4 cm³/mol. The number of ether oxygens (including phenoxy) is 1. The van der Waals surface area contributed by atoms with Gasteiger partial charge in [-0.3, -0.25) is 4.90 Å². The average Bonchev–Trinajstić information content (AvgIpc) is 2.54. The second-order valence-electron chi connectivity index (χ2n) is 5.33. The standard InChI is InChI=1S/C14H18N4O2/c15-8-12-2-1-3-16-13(12)17-4-5-18-6-7-20-11-14(18,9-17)10-19/h1-3,19H,4-7,9-11H2. The Kier molecular flexibility index (Phi) is 3.57. The molecule has 0 spiro atoms. The Morgan fingerprint density at radius 1 is 1.45 bits per heavy atom. The first-order valence-corrected chi connectivity index (χ1v) is 6.83. The van der Waals surface area contributed by atoms with Crippen LogP contribution >= 0.6 is 0 Å². The molecule has 1 N–H and O–H groups in total. The first kappa shape index (κ1) is 13.3. The van der Waals surface area contributed by atoms with Gasteiger partial charge in [0, 0.05) is 32.4 Å². The summed E-state index contributed by atoms with van der Waals surface area (Å²) in [5.41, 5.74) is 0.201. The highest BCUT2D eigenvalue weighted by molar-refractivity contribution is 5.54. The molecule has 1 aromatic rings. The van der Waals surface area contributed by atoms with E-state index in [1.54, 1.807) is 18.3 Å². The van der Waals surface area contributed by atoms with Gasteiger partial charge >= 0.3 is 0 Å². The maximum atomic E-state index is 9.83. The third-order valence-corrected chi connectivity index (χ3v) is 4.17. The lowest BCUT2D eigenvalue weighted by Gasteiger charge is -2.52. The first-order valence-electron chi connectivity index (χ1n) is 6.83. The molecule has 0 aliphatic carbocycles. The summed E-state index contributed by atoms with van der Waals surface area (Å²) in [6.45, 7) is 4.44. The molecule has 2 aliphatic heterocycles. The molecule has 106 valence electrons. The number of fused-ring (bicyclic) bond motifs is 1. The fourth-order valence-corrected chi connectivity index (χ4v) is 3.05. The van der Waals surface area contributed by atoms with Gasteiger partial charge in [-0.15, -0.1) is 0 Å². The summed E-state index contributed by atoms with van der Waals surface area (Å²) in [4.78, 5) is 8.72. The molecule has 0 aromatic carbocycles. The molecule has 2 saturated heterocycles. The van der Waals surface area contributed by atoms with Crippen LogP contribution in [0.1, 0.15) is 5.56 Å². The lowest BCUT2D eigenvalue weighted by atomic mass is 9.94. The second-order valence-corrected chi connectivity index (χ2v) is 5.33. The molecule has 0 amide bonds. The molecular formula is C14H18N4O2. The number of hydrogen-bond donors (Lipinski definition) is 1. The van der Waals surface area contributed by atoms with E-state index in [-0.39, 0.29) is 12.1 Å². The molecule has 2 aliphatic rings. The van der Waals surface area contributed by atoms with Crippen molar-refractivity contribution in [3.8, 4) is 6.07 Å². The Hall–Kier alpha value is -1.68. The number of aromatic nitrogens is 1. The van der Waals surface area contributed by atoms with Crippen LogP contribution in [0.3, 0.4) is 0 Å². The van der Waals surface area contributed by atoms with Crippen LogP contribution in [0.25, 0.3) is 0 Å². The van der Waals surface area contributed by atoms with Crippen molar-refractivity contribution in [2.75, 3.05) is 50.9 Å². The van der Waals surface area contributed by atoms with Crippen LogP contribution < -0.4 is 4.90 Å². The van der Waals surface area contributed by atoms with Crippen LogP contribution in [0.15, 0.2) is 18.3 Å². The number of nitrogens with zero attached hydrogens (tertiary/aromatic N) is 4.